The Bertz CT molecular complexity index is 1300. The quantitative estimate of drug-likeness (QED) is 0.488. The molecule has 2 aromatic heterocycles. The number of piperazine rings is 1. The minimum atomic E-state index is -1.05. The van der Waals surface area contributed by atoms with Gasteiger partial charge in [0.15, 0.2) is 28.6 Å². The summed E-state index contributed by atoms with van der Waals surface area (Å²) >= 11 is 0. The number of amides is 1. The van der Waals surface area contributed by atoms with Crippen molar-refractivity contribution in [3.8, 4) is 5.69 Å². The molecule has 0 atom stereocenters. The molecule has 1 aliphatic rings. The number of nitrogens with zero attached hydrogens (tertiary/aromatic N) is 7. The second-order valence-electron chi connectivity index (χ2n) is 7.26. The van der Waals surface area contributed by atoms with Crippen LogP contribution < -0.4 is 4.90 Å². The Hall–Kier alpha value is -4.02. The molecule has 2 aromatic carbocycles. The van der Waals surface area contributed by atoms with E-state index in [-0.39, 0.29) is 17.3 Å². The number of hydrogen-bond acceptors (Lipinski definition) is 6. The average molecular weight is 439 g/mol. The lowest BCUT2D eigenvalue weighted by Gasteiger charge is -2.35. The molecule has 8 nitrogen and oxygen atoms in total. The summed E-state index contributed by atoms with van der Waals surface area (Å²) in [7, 11) is 0. The Balaban J connectivity index is 1.35. The average Bonchev–Trinajstić information content (AvgIpc) is 3.25. The zero-order valence-electron chi connectivity index (χ0n) is 16.6. The topological polar surface area (TPSA) is 80.0 Å². The first kappa shape index (κ1) is 19.9. The Morgan fingerprint density at radius 2 is 1.62 bits per heavy atom. The second-order valence-corrected chi connectivity index (χ2v) is 7.26. The maximum absolute atomic E-state index is 13.5. The highest BCUT2D eigenvalue weighted by Gasteiger charge is 2.26. The molecule has 0 spiro atoms. The molecule has 162 valence electrons. The van der Waals surface area contributed by atoms with Crippen LogP contribution in [0.2, 0.25) is 0 Å². The van der Waals surface area contributed by atoms with Crippen LogP contribution >= 0.6 is 0 Å². The monoisotopic (exact) mass is 439 g/mol. The van der Waals surface area contributed by atoms with E-state index in [1.165, 1.54) is 29.2 Å². The van der Waals surface area contributed by atoms with E-state index >= 15 is 0 Å². The minimum Gasteiger partial charge on any atom is -0.351 e. The van der Waals surface area contributed by atoms with Gasteiger partial charge in [-0.05, 0) is 42.5 Å². The van der Waals surface area contributed by atoms with Crippen molar-refractivity contribution in [3.05, 3.63) is 71.8 Å². The third-order valence-electron chi connectivity index (χ3n) is 5.32. The summed E-state index contributed by atoms with van der Waals surface area (Å²) < 4.78 is 41.4. The van der Waals surface area contributed by atoms with Gasteiger partial charge in [0, 0.05) is 31.7 Å². The molecule has 1 aliphatic heterocycles. The molecule has 1 saturated heterocycles. The molecule has 1 fully saturated rings. The molecule has 0 bridgehead atoms. The smallest absolute Gasteiger partial charge is 0.254 e. The van der Waals surface area contributed by atoms with Gasteiger partial charge in [0.1, 0.15) is 12.1 Å². The van der Waals surface area contributed by atoms with Crippen LogP contribution in [0, 0.1) is 17.5 Å². The first-order valence-electron chi connectivity index (χ1n) is 9.83. The number of carbonyl (C=O) groups is 1. The van der Waals surface area contributed by atoms with Gasteiger partial charge in [-0.2, -0.15) is 4.68 Å². The van der Waals surface area contributed by atoms with Gasteiger partial charge in [-0.1, -0.05) is 5.21 Å². The zero-order chi connectivity index (χ0) is 22.2. The molecule has 0 N–H and O–H groups in total. The Kier molecular flexibility index (Phi) is 4.92. The number of aromatic nitrogens is 5. The van der Waals surface area contributed by atoms with Crippen molar-refractivity contribution < 1.29 is 18.0 Å². The SMILES string of the molecule is O=C(c1ccc(F)c(F)c1)N1CCN(c2ncnc3c2nnn3-c2ccc(F)cc2)CC1. The number of rotatable bonds is 3. The Labute approximate surface area is 179 Å². The molecule has 5 rings (SSSR count). The summed E-state index contributed by atoms with van der Waals surface area (Å²) in [6.07, 6.45) is 1.40. The van der Waals surface area contributed by atoms with Crippen LogP contribution in [0.15, 0.2) is 48.8 Å². The summed E-state index contributed by atoms with van der Waals surface area (Å²) in [6, 6.07) is 8.94. The lowest BCUT2D eigenvalue weighted by atomic mass is 10.1. The summed E-state index contributed by atoms with van der Waals surface area (Å²) in [5.74, 6) is -2.19. The Morgan fingerprint density at radius 3 is 2.34 bits per heavy atom. The van der Waals surface area contributed by atoms with Gasteiger partial charge in [0.2, 0.25) is 0 Å². The predicted octanol–water partition coefficient (Wildman–Crippen LogP) is 2.59. The lowest BCUT2D eigenvalue weighted by Crippen LogP contribution is -2.49. The van der Waals surface area contributed by atoms with Gasteiger partial charge in [-0.3, -0.25) is 4.79 Å². The number of halogens is 3. The maximum atomic E-state index is 13.5. The van der Waals surface area contributed by atoms with Crippen molar-refractivity contribution in [1.29, 1.82) is 0 Å². The third kappa shape index (κ3) is 3.51. The van der Waals surface area contributed by atoms with E-state index in [9.17, 15) is 18.0 Å². The van der Waals surface area contributed by atoms with E-state index in [4.69, 9.17) is 0 Å². The molecule has 0 radical (unpaired) electrons. The standard InChI is InChI=1S/C21H16F3N7O/c22-14-2-4-15(5-3-14)31-20-18(27-28-31)19(25-12-26-20)29-7-9-30(10-8-29)21(32)13-1-6-16(23)17(24)11-13/h1-6,11-12H,7-10H2. The summed E-state index contributed by atoms with van der Waals surface area (Å²) in [5.41, 5.74) is 1.67. The number of anilines is 1. The Morgan fingerprint density at radius 1 is 0.875 bits per heavy atom. The van der Waals surface area contributed by atoms with Crippen LogP contribution in [0.3, 0.4) is 0 Å². The fourth-order valence-electron chi connectivity index (χ4n) is 3.66. The summed E-state index contributed by atoms with van der Waals surface area (Å²) in [4.78, 5) is 24.8. The van der Waals surface area contributed by atoms with Crippen molar-refractivity contribution in [2.75, 3.05) is 31.1 Å². The highest BCUT2D eigenvalue weighted by molar-refractivity contribution is 5.94. The van der Waals surface area contributed by atoms with E-state index in [0.717, 1.165) is 12.1 Å². The molecule has 0 aliphatic carbocycles. The first-order chi connectivity index (χ1) is 15.5. The molecular weight excluding hydrogens is 423 g/mol. The van der Waals surface area contributed by atoms with Crippen molar-refractivity contribution in [3.63, 3.8) is 0 Å². The van der Waals surface area contributed by atoms with E-state index in [1.54, 1.807) is 17.0 Å². The molecule has 0 saturated carbocycles. The van der Waals surface area contributed by atoms with Crippen molar-refractivity contribution in [2.45, 2.75) is 0 Å². The molecule has 1 amide bonds. The fraction of sp³-hybridized carbons (Fsp3) is 0.190. The minimum absolute atomic E-state index is 0.101. The zero-order valence-corrected chi connectivity index (χ0v) is 16.6. The van der Waals surface area contributed by atoms with E-state index in [1.807, 2.05) is 4.90 Å². The van der Waals surface area contributed by atoms with Crippen LogP contribution in [-0.2, 0) is 0 Å². The highest BCUT2D eigenvalue weighted by Crippen LogP contribution is 2.24. The van der Waals surface area contributed by atoms with Gasteiger partial charge in [-0.25, -0.2) is 23.1 Å². The number of benzene rings is 2. The van der Waals surface area contributed by atoms with Crippen LogP contribution in [-0.4, -0.2) is 61.9 Å². The molecule has 32 heavy (non-hydrogen) atoms. The predicted molar refractivity (Wildman–Crippen MR) is 109 cm³/mol. The molecular formula is C21H16F3N7O. The maximum Gasteiger partial charge on any atom is 0.254 e. The van der Waals surface area contributed by atoms with E-state index in [2.05, 4.69) is 20.3 Å². The van der Waals surface area contributed by atoms with Gasteiger partial charge in [0.25, 0.3) is 5.91 Å². The summed E-state index contributed by atoms with van der Waals surface area (Å²) in [6.45, 7) is 1.67. The van der Waals surface area contributed by atoms with Crippen molar-refractivity contribution >= 4 is 22.9 Å². The molecule has 11 heteroatoms. The van der Waals surface area contributed by atoms with Crippen LogP contribution in [0.1, 0.15) is 10.4 Å². The van der Waals surface area contributed by atoms with Crippen molar-refractivity contribution in [2.24, 2.45) is 0 Å². The highest BCUT2D eigenvalue weighted by atomic mass is 19.2. The van der Waals surface area contributed by atoms with Gasteiger partial charge >= 0.3 is 0 Å². The second kappa shape index (κ2) is 7.91. The van der Waals surface area contributed by atoms with Gasteiger partial charge < -0.3 is 9.80 Å². The summed E-state index contributed by atoms with van der Waals surface area (Å²) in [5, 5.41) is 8.34. The number of hydrogen-bond donors (Lipinski definition) is 0. The van der Waals surface area contributed by atoms with E-state index in [0.29, 0.717) is 48.8 Å². The number of fused-ring (bicyclic) bond motifs is 1. The third-order valence-corrected chi connectivity index (χ3v) is 5.32. The van der Waals surface area contributed by atoms with Crippen LogP contribution in [0.5, 0.6) is 0 Å². The van der Waals surface area contributed by atoms with Gasteiger partial charge in [-0.15, -0.1) is 5.10 Å². The van der Waals surface area contributed by atoms with Crippen LogP contribution in [0.4, 0.5) is 19.0 Å². The largest absolute Gasteiger partial charge is 0.351 e. The lowest BCUT2D eigenvalue weighted by molar-refractivity contribution is 0.0746. The van der Waals surface area contributed by atoms with Crippen LogP contribution in [0.25, 0.3) is 16.9 Å². The molecule has 3 heterocycles. The molecule has 0 unspecified atom stereocenters. The molecule has 4 aromatic rings. The number of carbonyl (C=O) groups excluding carboxylic acids is 1. The van der Waals surface area contributed by atoms with E-state index < -0.39 is 11.6 Å². The fourth-order valence-corrected chi connectivity index (χ4v) is 3.66. The first-order valence-corrected chi connectivity index (χ1v) is 9.83. The van der Waals surface area contributed by atoms with Gasteiger partial charge in [0.05, 0.1) is 5.69 Å². The normalized spacial score (nSPS) is 14.2. The van der Waals surface area contributed by atoms with Crippen molar-refractivity contribution in [1.82, 2.24) is 29.9 Å².